The quantitative estimate of drug-likeness (QED) is 0.698. The number of carbonyl (C=O) groups excluding carboxylic acids is 3. The van der Waals surface area contributed by atoms with Crippen molar-refractivity contribution in [1.29, 1.82) is 0 Å². The second-order valence-corrected chi connectivity index (χ2v) is 7.31. The Kier molecular flexibility index (Phi) is 4.94. The molecular weight excluding hydrogens is 348 g/mol. The maximum atomic E-state index is 13.1. The zero-order chi connectivity index (χ0) is 19.0. The summed E-state index contributed by atoms with van der Waals surface area (Å²) >= 11 is 0. The molecule has 3 amide bonds. The number of hydrogen-bond acceptors (Lipinski definition) is 6. The molecule has 0 spiro atoms. The molecule has 2 fully saturated rings. The molecule has 3 N–H and O–H groups in total. The zero-order valence-corrected chi connectivity index (χ0v) is 15.1. The van der Waals surface area contributed by atoms with Crippen molar-refractivity contribution in [1.82, 2.24) is 15.1 Å². The van der Waals surface area contributed by atoms with Gasteiger partial charge in [-0.3, -0.25) is 24.6 Å². The normalized spacial score (nSPS) is 26.3. The van der Waals surface area contributed by atoms with Gasteiger partial charge >= 0.3 is 0 Å². The van der Waals surface area contributed by atoms with Gasteiger partial charge in [-0.1, -0.05) is 18.2 Å². The molecule has 2 unspecified atom stereocenters. The lowest BCUT2D eigenvalue weighted by Crippen LogP contribution is -2.52. The van der Waals surface area contributed by atoms with E-state index in [1.54, 1.807) is 4.90 Å². The fourth-order valence-corrected chi connectivity index (χ4v) is 4.13. The number of ether oxygens (including phenoxy) is 1. The van der Waals surface area contributed by atoms with Gasteiger partial charge < -0.3 is 15.4 Å². The molecule has 0 radical (unpaired) electrons. The average Bonchev–Trinajstić information content (AvgIpc) is 2.99. The van der Waals surface area contributed by atoms with Crippen molar-refractivity contribution in [3.8, 4) is 0 Å². The smallest absolute Gasteiger partial charge is 0.255 e. The van der Waals surface area contributed by atoms with Crippen molar-refractivity contribution in [2.75, 3.05) is 26.2 Å². The van der Waals surface area contributed by atoms with Gasteiger partial charge in [-0.05, 0) is 17.5 Å². The fourth-order valence-electron chi connectivity index (χ4n) is 4.13. The van der Waals surface area contributed by atoms with Crippen LogP contribution in [0, 0.1) is 0 Å². The molecule has 2 saturated heterocycles. The van der Waals surface area contributed by atoms with Crippen molar-refractivity contribution in [3.63, 3.8) is 0 Å². The number of hydrogen-bond donors (Lipinski definition) is 2. The molecule has 0 aromatic heterocycles. The molecule has 0 bridgehead atoms. The summed E-state index contributed by atoms with van der Waals surface area (Å²) < 4.78 is 5.61. The molecular formula is C19H24N4O4. The van der Waals surface area contributed by atoms with Crippen LogP contribution in [0.2, 0.25) is 0 Å². The van der Waals surface area contributed by atoms with Crippen molar-refractivity contribution in [3.05, 3.63) is 34.9 Å². The van der Waals surface area contributed by atoms with Crippen molar-refractivity contribution < 1.29 is 19.1 Å². The average molecular weight is 372 g/mol. The molecule has 4 rings (SSSR count). The Morgan fingerprint density at radius 2 is 2.11 bits per heavy atom. The summed E-state index contributed by atoms with van der Waals surface area (Å²) in [7, 11) is 0. The first-order chi connectivity index (χ1) is 13.1. The summed E-state index contributed by atoms with van der Waals surface area (Å²) in [5, 5.41) is 2.34. The number of benzene rings is 1. The van der Waals surface area contributed by atoms with E-state index in [0.29, 0.717) is 38.2 Å². The molecule has 1 aromatic rings. The number of amides is 3. The predicted molar refractivity (Wildman–Crippen MR) is 96.6 cm³/mol. The number of nitrogens with two attached hydrogens (primary N) is 1. The Hall–Kier alpha value is -2.29. The lowest BCUT2D eigenvalue weighted by atomic mass is 10.0. The Balaban J connectivity index is 1.53. The largest absolute Gasteiger partial charge is 0.374 e. The van der Waals surface area contributed by atoms with Gasteiger partial charge in [-0.25, -0.2) is 0 Å². The van der Waals surface area contributed by atoms with E-state index >= 15 is 0 Å². The minimum absolute atomic E-state index is 0.0196. The molecule has 8 heteroatoms. The molecule has 2 atom stereocenters. The van der Waals surface area contributed by atoms with E-state index in [-0.39, 0.29) is 30.2 Å². The third kappa shape index (κ3) is 3.47. The molecule has 3 heterocycles. The first-order valence-corrected chi connectivity index (χ1v) is 9.36. The van der Waals surface area contributed by atoms with Crippen LogP contribution in [0.3, 0.4) is 0 Å². The van der Waals surface area contributed by atoms with Gasteiger partial charge in [0.1, 0.15) is 6.04 Å². The molecule has 3 aliphatic heterocycles. The maximum Gasteiger partial charge on any atom is 0.255 e. The van der Waals surface area contributed by atoms with Crippen LogP contribution in [0.1, 0.15) is 34.3 Å². The van der Waals surface area contributed by atoms with Gasteiger partial charge in [-0.2, -0.15) is 0 Å². The third-order valence-electron chi connectivity index (χ3n) is 5.52. The number of piperidine rings is 1. The molecule has 27 heavy (non-hydrogen) atoms. The van der Waals surface area contributed by atoms with Gasteiger partial charge in [0, 0.05) is 44.7 Å². The summed E-state index contributed by atoms with van der Waals surface area (Å²) in [5.41, 5.74) is 8.31. The Morgan fingerprint density at radius 3 is 2.89 bits per heavy atom. The van der Waals surface area contributed by atoms with Crippen molar-refractivity contribution in [2.45, 2.75) is 38.1 Å². The van der Waals surface area contributed by atoms with Gasteiger partial charge in [0.15, 0.2) is 0 Å². The highest BCUT2D eigenvalue weighted by molar-refractivity contribution is 6.05. The van der Waals surface area contributed by atoms with E-state index in [4.69, 9.17) is 10.5 Å². The number of carbonyl (C=O) groups is 3. The number of morpholine rings is 1. The number of nitrogens with zero attached hydrogens (tertiary/aromatic N) is 2. The predicted octanol–water partition coefficient (Wildman–Crippen LogP) is -0.393. The number of nitrogens with one attached hydrogen (secondary N) is 1. The van der Waals surface area contributed by atoms with Crippen LogP contribution < -0.4 is 11.1 Å². The van der Waals surface area contributed by atoms with E-state index in [1.165, 1.54) is 0 Å². The maximum absolute atomic E-state index is 13.1. The van der Waals surface area contributed by atoms with E-state index < -0.39 is 6.04 Å². The monoisotopic (exact) mass is 372 g/mol. The van der Waals surface area contributed by atoms with Crippen LogP contribution >= 0.6 is 0 Å². The lowest BCUT2D eigenvalue weighted by Gasteiger charge is -2.32. The van der Waals surface area contributed by atoms with Crippen LogP contribution in [0.15, 0.2) is 18.2 Å². The van der Waals surface area contributed by atoms with Gasteiger partial charge in [0.2, 0.25) is 11.8 Å². The summed E-state index contributed by atoms with van der Waals surface area (Å²) in [6.45, 7) is 3.70. The minimum atomic E-state index is -0.583. The Bertz CT molecular complexity index is 781. The molecule has 8 nitrogen and oxygen atoms in total. The van der Waals surface area contributed by atoms with Crippen LogP contribution in [-0.4, -0.2) is 65.9 Å². The van der Waals surface area contributed by atoms with Crippen LogP contribution in [0.4, 0.5) is 0 Å². The van der Waals surface area contributed by atoms with E-state index in [1.807, 2.05) is 18.2 Å². The topological polar surface area (TPSA) is 105 Å². The summed E-state index contributed by atoms with van der Waals surface area (Å²) in [6.07, 6.45) is 0.658. The van der Waals surface area contributed by atoms with Gasteiger partial charge in [-0.15, -0.1) is 0 Å². The lowest BCUT2D eigenvalue weighted by molar-refractivity contribution is -0.136. The molecule has 3 aliphatic rings. The van der Waals surface area contributed by atoms with E-state index in [9.17, 15) is 14.4 Å². The second kappa shape index (κ2) is 7.38. The van der Waals surface area contributed by atoms with Gasteiger partial charge in [0.25, 0.3) is 5.91 Å². The second-order valence-electron chi connectivity index (χ2n) is 7.31. The molecule has 0 aliphatic carbocycles. The Labute approximate surface area is 157 Å². The molecule has 0 saturated carbocycles. The summed E-state index contributed by atoms with van der Waals surface area (Å²) in [5.74, 6) is -0.783. The van der Waals surface area contributed by atoms with Crippen LogP contribution in [-0.2, 0) is 27.4 Å². The molecule has 144 valence electrons. The third-order valence-corrected chi connectivity index (χ3v) is 5.52. The number of rotatable bonds is 4. The highest BCUT2D eigenvalue weighted by atomic mass is 16.5. The van der Waals surface area contributed by atoms with E-state index in [2.05, 4.69) is 10.2 Å². The van der Waals surface area contributed by atoms with Crippen LogP contribution in [0.5, 0.6) is 0 Å². The zero-order valence-electron chi connectivity index (χ0n) is 15.1. The summed E-state index contributed by atoms with van der Waals surface area (Å²) in [6, 6.07) is 5.28. The minimum Gasteiger partial charge on any atom is -0.374 e. The number of imide groups is 1. The SMILES string of the molecule is NCC1CN(Cc2cccc3c2C(=O)N(C2CCC(=O)NC2=O)C3)CCO1. The molecule has 1 aromatic carbocycles. The van der Waals surface area contributed by atoms with Crippen molar-refractivity contribution in [2.24, 2.45) is 5.73 Å². The highest BCUT2D eigenvalue weighted by Crippen LogP contribution is 2.30. The van der Waals surface area contributed by atoms with Crippen LogP contribution in [0.25, 0.3) is 0 Å². The number of fused-ring (bicyclic) bond motifs is 1. The van der Waals surface area contributed by atoms with E-state index in [0.717, 1.165) is 24.2 Å². The summed E-state index contributed by atoms with van der Waals surface area (Å²) in [4.78, 5) is 40.5. The highest BCUT2D eigenvalue weighted by Gasteiger charge is 2.40. The fraction of sp³-hybridized carbons (Fsp3) is 0.526. The first-order valence-electron chi connectivity index (χ1n) is 9.36. The Morgan fingerprint density at radius 1 is 1.26 bits per heavy atom. The van der Waals surface area contributed by atoms with Crippen molar-refractivity contribution >= 4 is 17.7 Å². The van der Waals surface area contributed by atoms with Gasteiger partial charge in [0.05, 0.1) is 12.7 Å². The standard InChI is InChI=1S/C19H24N4O4/c20-8-14-11-22(6-7-27-14)9-12-2-1-3-13-10-23(19(26)17(12)13)15-4-5-16(24)21-18(15)25/h1-3,14-15H,4-11,20H2,(H,21,24,25). The first kappa shape index (κ1) is 18.1.